The molecule has 1 aromatic carbocycles. The summed E-state index contributed by atoms with van der Waals surface area (Å²) in [5.74, 6) is -1.65. The first-order chi connectivity index (χ1) is 17.2. The van der Waals surface area contributed by atoms with Crippen molar-refractivity contribution in [2.45, 2.75) is 111 Å². The zero-order valence-electron chi connectivity index (χ0n) is 23.8. The fourth-order valence-electron chi connectivity index (χ4n) is 3.98. The zero-order valence-corrected chi connectivity index (χ0v) is 23.8. The summed E-state index contributed by atoms with van der Waals surface area (Å²) >= 11 is 0. The number of carbonyl (C=O) groups excluding carboxylic acids is 4. The second-order valence-electron chi connectivity index (χ2n) is 10.6. The molecule has 0 aliphatic heterocycles. The van der Waals surface area contributed by atoms with E-state index in [0.717, 1.165) is 30.4 Å². The molecule has 0 bridgehead atoms. The number of aryl methyl sites for hydroxylation is 2. The summed E-state index contributed by atoms with van der Waals surface area (Å²) in [5.41, 5.74) is 7.13. The van der Waals surface area contributed by atoms with E-state index in [1.807, 2.05) is 45.9 Å². The van der Waals surface area contributed by atoms with E-state index >= 15 is 0 Å². The smallest absolute Gasteiger partial charge is 0.408 e. The van der Waals surface area contributed by atoms with Gasteiger partial charge in [0.25, 0.3) is 0 Å². The molecule has 1 rings (SSSR count). The number of ether oxygens (including phenoxy) is 1. The fourth-order valence-corrected chi connectivity index (χ4v) is 3.98. The number of primary amides is 1. The van der Waals surface area contributed by atoms with Gasteiger partial charge in [-0.15, -0.1) is 0 Å². The molecule has 0 heterocycles. The van der Waals surface area contributed by atoms with Gasteiger partial charge in [0, 0.05) is 12.6 Å². The van der Waals surface area contributed by atoms with Gasteiger partial charge in [0.05, 0.1) is 6.42 Å². The van der Waals surface area contributed by atoms with Crippen LogP contribution in [-0.4, -0.2) is 52.9 Å². The largest absolute Gasteiger partial charge is 0.444 e. The van der Waals surface area contributed by atoms with Gasteiger partial charge < -0.3 is 26.0 Å². The molecule has 1 aromatic rings. The van der Waals surface area contributed by atoms with Crippen LogP contribution in [0.1, 0.15) is 96.4 Å². The molecule has 0 aliphatic carbocycles. The number of hydrogen-bond acceptors (Lipinski definition) is 5. The third kappa shape index (κ3) is 10.4. The molecule has 9 nitrogen and oxygen atoms in total. The molecule has 208 valence electrons. The van der Waals surface area contributed by atoms with E-state index in [1.54, 1.807) is 20.8 Å². The van der Waals surface area contributed by atoms with Gasteiger partial charge in [-0.2, -0.15) is 0 Å². The molecule has 0 fully saturated rings. The van der Waals surface area contributed by atoms with E-state index in [1.165, 1.54) is 4.90 Å². The maximum absolute atomic E-state index is 14.0. The van der Waals surface area contributed by atoms with Gasteiger partial charge in [0.1, 0.15) is 17.7 Å². The predicted octanol–water partition coefficient (Wildman–Crippen LogP) is 4.05. The molecule has 0 saturated carbocycles. The lowest BCUT2D eigenvalue weighted by atomic mass is 9.94. The predicted molar refractivity (Wildman–Crippen MR) is 145 cm³/mol. The monoisotopic (exact) mass is 518 g/mol. The van der Waals surface area contributed by atoms with Crippen molar-refractivity contribution in [2.75, 3.05) is 6.54 Å². The molecule has 0 aromatic heterocycles. The number of alkyl carbamates (subject to hydrolysis) is 1. The number of nitrogens with two attached hydrogens (primary N) is 1. The highest BCUT2D eigenvalue weighted by molar-refractivity contribution is 5.94. The number of hydrogen-bond donors (Lipinski definition) is 3. The second kappa shape index (κ2) is 14.6. The molecule has 9 heteroatoms. The van der Waals surface area contributed by atoms with Crippen LogP contribution in [0.4, 0.5) is 4.79 Å². The summed E-state index contributed by atoms with van der Waals surface area (Å²) in [5, 5.41) is 5.50. The Kier molecular flexibility index (Phi) is 12.6. The van der Waals surface area contributed by atoms with Crippen molar-refractivity contribution in [2.24, 2.45) is 5.73 Å². The summed E-state index contributed by atoms with van der Waals surface area (Å²) < 4.78 is 5.32. The molecule has 0 spiro atoms. The molecule has 0 aliphatic rings. The van der Waals surface area contributed by atoms with Crippen molar-refractivity contribution >= 4 is 23.8 Å². The molecule has 3 atom stereocenters. The highest BCUT2D eigenvalue weighted by Crippen LogP contribution is 2.29. The maximum atomic E-state index is 14.0. The molecule has 4 amide bonds. The quantitative estimate of drug-likeness (QED) is 0.339. The van der Waals surface area contributed by atoms with Crippen molar-refractivity contribution in [1.29, 1.82) is 0 Å². The average Bonchev–Trinajstić information content (AvgIpc) is 2.79. The maximum Gasteiger partial charge on any atom is 0.408 e. The number of carbonyl (C=O) groups is 4. The van der Waals surface area contributed by atoms with Crippen LogP contribution in [0.2, 0.25) is 0 Å². The van der Waals surface area contributed by atoms with E-state index in [-0.39, 0.29) is 11.9 Å². The van der Waals surface area contributed by atoms with Gasteiger partial charge in [-0.05, 0) is 65.5 Å². The number of rotatable bonds is 13. The van der Waals surface area contributed by atoms with Gasteiger partial charge in [-0.1, -0.05) is 50.5 Å². The van der Waals surface area contributed by atoms with Gasteiger partial charge >= 0.3 is 6.09 Å². The summed E-state index contributed by atoms with van der Waals surface area (Å²) in [7, 11) is 0. The van der Waals surface area contributed by atoms with E-state index < -0.39 is 42.0 Å². The van der Waals surface area contributed by atoms with E-state index in [9.17, 15) is 19.2 Å². The second-order valence-corrected chi connectivity index (χ2v) is 10.6. The standard InChI is InChI=1S/C28H46N4O5/c1-9-11-12-15-30-25(34)24(21-16-18(3)13-14-19(21)4)32(20(5)10-2)26(35)22(17-23(29)33)31-27(36)37-28(6,7)8/h13-14,16,20,22,24H,9-12,15,17H2,1-8H3,(H2,29,33)(H,30,34)(H,31,36). The van der Waals surface area contributed by atoms with Crippen LogP contribution in [0, 0.1) is 13.8 Å². The molecule has 37 heavy (non-hydrogen) atoms. The van der Waals surface area contributed by atoms with E-state index in [0.29, 0.717) is 18.5 Å². The van der Waals surface area contributed by atoms with Crippen LogP contribution >= 0.6 is 0 Å². The number of nitrogens with zero attached hydrogens (tertiary/aromatic N) is 1. The van der Waals surface area contributed by atoms with Crippen molar-refractivity contribution in [3.8, 4) is 0 Å². The van der Waals surface area contributed by atoms with Gasteiger partial charge in [0.2, 0.25) is 17.7 Å². The molecule has 4 N–H and O–H groups in total. The van der Waals surface area contributed by atoms with Gasteiger partial charge in [0.15, 0.2) is 0 Å². The Morgan fingerprint density at radius 2 is 1.73 bits per heavy atom. The Morgan fingerprint density at radius 3 is 2.27 bits per heavy atom. The third-order valence-corrected chi connectivity index (χ3v) is 6.05. The number of amides is 4. The van der Waals surface area contributed by atoms with E-state index in [4.69, 9.17) is 10.5 Å². The average molecular weight is 519 g/mol. The molecule has 0 radical (unpaired) electrons. The van der Waals surface area contributed by atoms with Crippen molar-refractivity contribution in [1.82, 2.24) is 15.5 Å². The summed E-state index contributed by atoms with van der Waals surface area (Å²) in [6.45, 7) is 15.2. The SMILES string of the molecule is CCCCCNC(=O)C(c1cc(C)ccc1C)N(C(=O)C(CC(N)=O)NC(=O)OC(C)(C)C)C(C)CC. The number of unbranched alkanes of at least 4 members (excludes halogenated alkanes) is 2. The number of benzene rings is 1. The zero-order chi connectivity index (χ0) is 28.3. The highest BCUT2D eigenvalue weighted by atomic mass is 16.6. The van der Waals surface area contributed by atoms with Crippen LogP contribution < -0.4 is 16.4 Å². The highest BCUT2D eigenvalue weighted by Gasteiger charge is 2.39. The minimum absolute atomic E-state index is 0.312. The van der Waals surface area contributed by atoms with Crippen molar-refractivity contribution in [3.05, 3.63) is 34.9 Å². The minimum atomic E-state index is -1.29. The lowest BCUT2D eigenvalue weighted by Gasteiger charge is -2.38. The van der Waals surface area contributed by atoms with E-state index in [2.05, 4.69) is 17.6 Å². The van der Waals surface area contributed by atoms with Crippen LogP contribution in [0.15, 0.2) is 18.2 Å². The van der Waals surface area contributed by atoms with Crippen molar-refractivity contribution in [3.63, 3.8) is 0 Å². The Labute approximate surface area is 221 Å². The van der Waals surface area contributed by atoms with Crippen LogP contribution in [0.3, 0.4) is 0 Å². The topological polar surface area (TPSA) is 131 Å². The normalized spacial score (nSPS) is 13.7. The fraction of sp³-hybridized carbons (Fsp3) is 0.643. The third-order valence-electron chi connectivity index (χ3n) is 6.05. The molecular formula is C28H46N4O5. The van der Waals surface area contributed by atoms with Crippen LogP contribution in [0.25, 0.3) is 0 Å². The van der Waals surface area contributed by atoms with Crippen LogP contribution in [-0.2, 0) is 19.1 Å². The Morgan fingerprint density at radius 1 is 1.08 bits per heavy atom. The summed E-state index contributed by atoms with van der Waals surface area (Å²) in [4.78, 5) is 53.7. The lowest BCUT2D eigenvalue weighted by Crippen LogP contribution is -2.56. The minimum Gasteiger partial charge on any atom is -0.444 e. The lowest BCUT2D eigenvalue weighted by molar-refractivity contribution is -0.146. The first-order valence-electron chi connectivity index (χ1n) is 13.2. The summed E-state index contributed by atoms with van der Waals surface area (Å²) in [6.07, 6.45) is 2.09. The van der Waals surface area contributed by atoms with Crippen LogP contribution in [0.5, 0.6) is 0 Å². The van der Waals surface area contributed by atoms with Crippen molar-refractivity contribution < 1.29 is 23.9 Å². The first-order valence-corrected chi connectivity index (χ1v) is 13.2. The Balaban J connectivity index is 3.55. The molecule has 0 saturated heterocycles. The number of nitrogens with one attached hydrogen (secondary N) is 2. The van der Waals surface area contributed by atoms with Gasteiger partial charge in [-0.25, -0.2) is 4.79 Å². The Bertz CT molecular complexity index is 941. The molecule has 3 unspecified atom stereocenters. The molecular weight excluding hydrogens is 472 g/mol. The summed E-state index contributed by atoms with van der Waals surface area (Å²) in [6, 6.07) is 3.14. The Hall–Kier alpha value is -3.10. The van der Waals surface area contributed by atoms with Gasteiger partial charge in [-0.3, -0.25) is 14.4 Å². The first kappa shape index (κ1) is 31.9.